The number of nitrogens with zero attached hydrogens (tertiary/aromatic N) is 2. The van der Waals surface area contributed by atoms with Gasteiger partial charge in [-0.05, 0) is 39.1 Å². The lowest BCUT2D eigenvalue weighted by Crippen LogP contribution is -2.46. The minimum atomic E-state index is -4.22. The molecule has 0 unspecified atom stereocenters. The Balaban J connectivity index is 1.57. The third kappa shape index (κ3) is 3.88. The molecule has 4 rings (SSSR count). The van der Waals surface area contributed by atoms with Crippen molar-refractivity contribution in [2.75, 3.05) is 24.1 Å². The summed E-state index contributed by atoms with van der Waals surface area (Å²) < 4.78 is 69.7. The molecule has 2 N–H and O–H groups in total. The van der Waals surface area contributed by atoms with E-state index in [9.17, 15) is 21.6 Å². The molecule has 0 saturated heterocycles. The Morgan fingerprint density at radius 3 is 2.60 bits per heavy atom. The average molecular weight is 481 g/mol. The fourth-order valence-corrected chi connectivity index (χ4v) is 6.33. The number of thiazole rings is 1. The van der Waals surface area contributed by atoms with E-state index in [0.29, 0.717) is 6.42 Å². The standard InChI is InChI=1S/C18H20ClF3N4O2S2/c1-26(2)15-6-10-9(18(10,21)22)5-14(15)24-13-8-12(20)16(7-11(13)19)30(27,28)25-17-23-3-4-29-17/h3-4,7-10,14-15,24H,5-6H2,1-2H3,(H,23,25)/t9-,10+,14+,15+/m0/s1. The van der Waals surface area contributed by atoms with Crippen LogP contribution >= 0.6 is 22.9 Å². The molecule has 12 heteroatoms. The summed E-state index contributed by atoms with van der Waals surface area (Å²) in [6.45, 7) is 0. The maximum Gasteiger partial charge on any atom is 0.266 e. The highest BCUT2D eigenvalue weighted by Crippen LogP contribution is 2.62. The van der Waals surface area contributed by atoms with Gasteiger partial charge in [0, 0.05) is 35.5 Å². The second-order valence-electron chi connectivity index (χ2n) is 7.85. The number of benzene rings is 1. The van der Waals surface area contributed by atoms with Crippen molar-refractivity contribution in [2.45, 2.75) is 35.7 Å². The first-order valence-electron chi connectivity index (χ1n) is 9.23. The van der Waals surface area contributed by atoms with Crippen molar-refractivity contribution in [3.63, 3.8) is 0 Å². The molecule has 0 bridgehead atoms. The molecule has 1 aromatic carbocycles. The van der Waals surface area contributed by atoms with Crippen molar-refractivity contribution in [1.29, 1.82) is 0 Å². The van der Waals surface area contributed by atoms with Crippen LogP contribution in [0.3, 0.4) is 0 Å². The molecule has 1 heterocycles. The predicted molar refractivity (Wildman–Crippen MR) is 110 cm³/mol. The van der Waals surface area contributed by atoms with Gasteiger partial charge < -0.3 is 10.2 Å². The van der Waals surface area contributed by atoms with E-state index in [-0.39, 0.29) is 34.3 Å². The topological polar surface area (TPSA) is 74.3 Å². The number of sulfonamides is 1. The zero-order valence-corrected chi connectivity index (χ0v) is 18.5. The minimum absolute atomic E-state index is 0.0156. The number of fused-ring (bicyclic) bond motifs is 1. The maximum absolute atomic E-state index is 14.7. The Hall–Kier alpha value is -1.56. The van der Waals surface area contributed by atoms with Crippen LogP contribution in [0, 0.1) is 17.7 Å². The van der Waals surface area contributed by atoms with Crippen LogP contribution in [0.4, 0.5) is 24.0 Å². The highest BCUT2D eigenvalue weighted by Gasteiger charge is 2.70. The number of rotatable bonds is 6. The van der Waals surface area contributed by atoms with E-state index in [4.69, 9.17) is 11.6 Å². The van der Waals surface area contributed by atoms with Gasteiger partial charge in [0.15, 0.2) is 5.13 Å². The van der Waals surface area contributed by atoms with Gasteiger partial charge in [0.2, 0.25) is 0 Å². The first-order valence-corrected chi connectivity index (χ1v) is 12.0. The third-order valence-corrected chi connectivity index (χ3v) is 8.29. The lowest BCUT2D eigenvalue weighted by molar-refractivity contribution is 0.0837. The quantitative estimate of drug-likeness (QED) is 0.650. The Bertz CT molecular complexity index is 1050. The molecule has 164 valence electrons. The van der Waals surface area contributed by atoms with Crippen LogP contribution in [0.5, 0.6) is 0 Å². The molecular weight excluding hydrogens is 461 g/mol. The van der Waals surface area contributed by atoms with E-state index in [0.717, 1.165) is 23.5 Å². The smallest absolute Gasteiger partial charge is 0.266 e. The first kappa shape index (κ1) is 21.7. The predicted octanol–water partition coefficient (Wildman–Crippen LogP) is 4.12. The molecule has 0 radical (unpaired) electrons. The number of anilines is 2. The summed E-state index contributed by atoms with van der Waals surface area (Å²) in [5.41, 5.74) is 0.168. The van der Waals surface area contributed by atoms with E-state index in [1.165, 1.54) is 6.20 Å². The summed E-state index contributed by atoms with van der Waals surface area (Å²) in [6, 6.07) is 1.44. The SMILES string of the molecule is CN(C)[C@@H]1C[C@@H]2[C@H](C[C@H]1Nc1cc(F)c(S(=O)(=O)Nc3nccs3)cc1Cl)C2(F)F. The Kier molecular flexibility index (Phi) is 5.44. The van der Waals surface area contributed by atoms with Gasteiger partial charge in [0.25, 0.3) is 15.9 Å². The van der Waals surface area contributed by atoms with Gasteiger partial charge >= 0.3 is 0 Å². The van der Waals surface area contributed by atoms with Crippen LogP contribution in [0.1, 0.15) is 12.8 Å². The van der Waals surface area contributed by atoms with Gasteiger partial charge in [-0.15, -0.1) is 11.3 Å². The van der Waals surface area contributed by atoms with Gasteiger partial charge in [-0.2, -0.15) is 0 Å². The number of aromatic nitrogens is 1. The van der Waals surface area contributed by atoms with Crippen molar-refractivity contribution < 1.29 is 21.6 Å². The third-order valence-electron chi connectivity index (χ3n) is 5.80. The molecule has 1 aromatic heterocycles. The molecular formula is C18H20ClF3N4O2S2. The van der Waals surface area contributed by atoms with Gasteiger partial charge in [-0.25, -0.2) is 26.6 Å². The number of halogens is 4. The van der Waals surface area contributed by atoms with Crippen molar-refractivity contribution in [2.24, 2.45) is 11.8 Å². The van der Waals surface area contributed by atoms with Gasteiger partial charge in [-0.3, -0.25) is 4.72 Å². The van der Waals surface area contributed by atoms with E-state index < -0.39 is 38.5 Å². The van der Waals surface area contributed by atoms with Crippen LogP contribution < -0.4 is 10.0 Å². The molecule has 2 saturated carbocycles. The summed E-state index contributed by atoms with van der Waals surface area (Å²) in [6.07, 6.45) is 1.97. The number of likely N-dealkylation sites (N-methyl/N-ethyl adjacent to an activating group) is 1. The van der Waals surface area contributed by atoms with E-state index >= 15 is 0 Å². The zero-order chi connectivity index (χ0) is 21.8. The van der Waals surface area contributed by atoms with Crippen molar-refractivity contribution in [3.05, 3.63) is 34.5 Å². The number of hydrogen-bond donors (Lipinski definition) is 2. The second-order valence-corrected chi connectivity index (χ2v) is 10.8. The summed E-state index contributed by atoms with van der Waals surface area (Å²) in [7, 11) is -0.609. The molecule has 2 fully saturated rings. The number of hydrogen-bond acceptors (Lipinski definition) is 6. The van der Waals surface area contributed by atoms with Crippen molar-refractivity contribution in [1.82, 2.24) is 9.88 Å². The normalized spacial score (nSPS) is 27.6. The molecule has 30 heavy (non-hydrogen) atoms. The van der Waals surface area contributed by atoms with E-state index in [1.54, 1.807) is 5.38 Å². The van der Waals surface area contributed by atoms with Gasteiger partial charge in [0.05, 0.1) is 10.7 Å². The Morgan fingerprint density at radius 1 is 1.27 bits per heavy atom. The molecule has 6 nitrogen and oxygen atoms in total. The lowest BCUT2D eigenvalue weighted by atomic mass is 9.89. The van der Waals surface area contributed by atoms with Crippen LogP contribution in [0.2, 0.25) is 5.02 Å². The molecule has 0 aliphatic heterocycles. The summed E-state index contributed by atoms with van der Waals surface area (Å²) in [5, 5.41) is 4.73. The molecule has 2 aromatic rings. The van der Waals surface area contributed by atoms with Gasteiger partial charge in [0.1, 0.15) is 10.7 Å². The van der Waals surface area contributed by atoms with Crippen LogP contribution in [0.25, 0.3) is 0 Å². The number of nitrogens with one attached hydrogen (secondary N) is 2. The highest BCUT2D eigenvalue weighted by molar-refractivity contribution is 7.93. The Morgan fingerprint density at radius 2 is 1.97 bits per heavy atom. The fraction of sp³-hybridized carbons (Fsp3) is 0.500. The van der Waals surface area contributed by atoms with E-state index in [2.05, 4.69) is 15.0 Å². The van der Waals surface area contributed by atoms with Crippen LogP contribution in [-0.2, 0) is 10.0 Å². The molecule has 0 spiro atoms. The Labute approximate surface area is 181 Å². The van der Waals surface area contributed by atoms with Gasteiger partial charge in [-0.1, -0.05) is 11.6 Å². The largest absolute Gasteiger partial charge is 0.379 e. The molecule has 0 amide bonds. The summed E-state index contributed by atoms with van der Waals surface area (Å²) in [5.74, 6) is -4.99. The first-order chi connectivity index (χ1) is 14.0. The second kappa shape index (κ2) is 7.54. The molecule has 4 atom stereocenters. The van der Waals surface area contributed by atoms with Crippen molar-refractivity contribution in [3.8, 4) is 0 Å². The van der Waals surface area contributed by atoms with Crippen LogP contribution in [0.15, 0.2) is 28.6 Å². The lowest BCUT2D eigenvalue weighted by Gasteiger charge is -2.36. The molecule has 2 aliphatic rings. The van der Waals surface area contributed by atoms with Crippen molar-refractivity contribution >= 4 is 43.8 Å². The van der Waals surface area contributed by atoms with E-state index in [1.807, 2.05) is 19.0 Å². The monoisotopic (exact) mass is 480 g/mol. The maximum atomic E-state index is 14.7. The summed E-state index contributed by atoms with van der Waals surface area (Å²) >= 11 is 7.30. The summed E-state index contributed by atoms with van der Waals surface area (Å²) in [4.78, 5) is 5.06. The fourth-order valence-electron chi connectivity index (χ4n) is 4.17. The average Bonchev–Trinajstić information content (AvgIpc) is 2.97. The number of alkyl halides is 2. The zero-order valence-electron chi connectivity index (χ0n) is 16.1. The van der Waals surface area contributed by atoms with Crippen LogP contribution in [-0.4, -0.2) is 50.4 Å². The highest BCUT2D eigenvalue weighted by atomic mass is 35.5. The minimum Gasteiger partial charge on any atom is -0.379 e. The molecule has 2 aliphatic carbocycles.